The Balaban J connectivity index is 1.92. The summed E-state index contributed by atoms with van der Waals surface area (Å²) in [4.78, 5) is 12.9. The van der Waals surface area contributed by atoms with Crippen LogP contribution in [0.5, 0.6) is 11.5 Å². The largest absolute Gasteiger partial charge is 0.493 e. The molecule has 0 unspecified atom stereocenters. The third kappa shape index (κ3) is 6.10. The predicted octanol–water partition coefficient (Wildman–Crippen LogP) is 5.14. The van der Waals surface area contributed by atoms with E-state index < -0.39 is 22.5 Å². The van der Waals surface area contributed by atoms with Gasteiger partial charge in [-0.1, -0.05) is 54.4 Å². The Morgan fingerprint density at radius 3 is 2.31 bits per heavy atom. The molecule has 0 aromatic heterocycles. The van der Waals surface area contributed by atoms with Crippen LogP contribution in [0.1, 0.15) is 18.9 Å². The van der Waals surface area contributed by atoms with Crippen LogP contribution in [0.15, 0.2) is 76.7 Å². The maximum absolute atomic E-state index is 13.5. The average molecular weight is 550 g/mol. The van der Waals surface area contributed by atoms with Gasteiger partial charge in [0.05, 0.1) is 40.6 Å². The summed E-state index contributed by atoms with van der Waals surface area (Å²) in [6.45, 7) is 1.29. The Labute approximate surface area is 220 Å². The van der Waals surface area contributed by atoms with Crippen molar-refractivity contribution in [2.45, 2.75) is 18.2 Å². The molecule has 0 heterocycles. The minimum Gasteiger partial charge on any atom is -0.493 e. The van der Waals surface area contributed by atoms with Gasteiger partial charge in [-0.3, -0.25) is 9.10 Å². The summed E-state index contributed by atoms with van der Waals surface area (Å²) >= 11 is 12.5. The van der Waals surface area contributed by atoms with Crippen molar-refractivity contribution in [2.24, 2.45) is 5.10 Å². The number of methoxy groups -OCH3 is 2. The zero-order chi connectivity index (χ0) is 26.3. The Morgan fingerprint density at radius 1 is 0.972 bits per heavy atom. The van der Waals surface area contributed by atoms with Crippen LogP contribution in [0.25, 0.3) is 0 Å². The van der Waals surface area contributed by atoms with Gasteiger partial charge in [0.1, 0.15) is 6.54 Å². The number of carbonyl (C=O) groups excluding carboxylic acids is 1. The molecule has 190 valence electrons. The number of benzene rings is 3. The van der Waals surface area contributed by atoms with Gasteiger partial charge in [0.25, 0.3) is 15.9 Å². The summed E-state index contributed by atoms with van der Waals surface area (Å²) < 4.78 is 38.4. The van der Waals surface area contributed by atoms with Gasteiger partial charge in [-0.25, -0.2) is 13.8 Å². The molecule has 3 rings (SSSR count). The van der Waals surface area contributed by atoms with Crippen molar-refractivity contribution in [3.63, 3.8) is 0 Å². The standard InChI is InChI=1S/C25H25Cl2N3O5S/c1-4-20(17-13-14-22(34-2)23(15-17)35-3)28-29-24(31)16-30(21-12-8-11-19(26)25(21)27)36(32,33)18-9-6-5-7-10-18/h5-15H,4,16H2,1-3H3,(H,29,31)/b28-20-. The molecule has 0 spiro atoms. The lowest BCUT2D eigenvalue weighted by Crippen LogP contribution is -2.40. The highest BCUT2D eigenvalue weighted by Crippen LogP contribution is 2.35. The number of nitrogens with zero attached hydrogens (tertiary/aromatic N) is 2. The molecule has 0 aliphatic heterocycles. The highest BCUT2D eigenvalue weighted by molar-refractivity contribution is 7.92. The molecule has 0 saturated carbocycles. The lowest BCUT2D eigenvalue weighted by Gasteiger charge is -2.25. The molecule has 1 N–H and O–H groups in total. The van der Waals surface area contributed by atoms with Gasteiger partial charge >= 0.3 is 0 Å². The van der Waals surface area contributed by atoms with Crippen LogP contribution in [-0.2, 0) is 14.8 Å². The van der Waals surface area contributed by atoms with E-state index in [-0.39, 0.29) is 20.6 Å². The summed E-state index contributed by atoms with van der Waals surface area (Å²) in [5.41, 5.74) is 3.79. The van der Waals surface area contributed by atoms with Crippen molar-refractivity contribution >= 4 is 50.5 Å². The number of amides is 1. The van der Waals surface area contributed by atoms with E-state index in [0.29, 0.717) is 29.2 Å². The van der Waals surface area contributed by atoms with Gasteiger partial charge in [-0.05, 0) is 48.9 Å². The molecule has 1 amide bonds. The first-order chi connectivity index (χ1) is 17.2. The van der Waals surface area contributed by atoms with Crippen LogP contribution in [-0.4, -0.2) is 40.8 Å². The van der Waals surface area contributed by atoms with Crippen LogP contribution in [0.2, 0.25) is 10.0 Å². The van der Waals surface area contributed by atoms with Crippen LogP contribution >= 0.6 is 23.2 Å². The van der Waals surface area contributed by atoms with Crippen LogP contribution in [0.4, 0.5) is 5.69 Å². The highest BCUT2D eigenvalue weighted by atomic mass is 35.5. The molecule has 0 atom stereocenters. The molecule has 3 aromatic carbocycles. The van der Waals surface area contributed by atoms with Gasteiger partial charge in [0.15, 0.2) is 11.5 Å². The molecule has 0 aliphatic rings. The second kappa shape index (κ2) is 12.1. The number of hydrogen-bond acceptors (Lipinski definition) is 6. The van der Waals surface area contributed by atoms with Crippen molar-refractivity contribution < 1.29 is 22.7 Å². The van der Waals surface area contributed by atoms with Gasteiger partial charge in [0, 0.05) is 5.56 Å². The molecule has 0 bridgehead atoms. The van der Waals surface area contributed by atoms with Crippen molar-refractivity contribution in [1.82, 2.24) is 5.43 Å². The number of anilines is 1. The van der Waals surface area contributed by atoms with Gasteiger partial charge in [-0.2, -0.15) is 5.10 Å². The van der Waals surface area contributed by atoms with Crippen molar-refractivity contribution in [3.8, 4) is 11.5 Å². The first-order valence-electron chi connectivity index (χ1n) is 10.8. The zero-order valence-electron chi connectivity index (χ0n) is 19.9. The number of sulfonamides is 1. The summed E-state index contributed by atoms with van der Waals surface area (Å²) in [5.74, 6) is 0.399. The minimum atomic E-state index is -4.15. The van der Waals surface area contributed by atoms with E-state index in [4.69, 9.17) is 32.7 Å². The summed E-state index contributed by atoms with van der Waals surface area (Å²) in [6, 6.07) is 17.6. The fraction of sp³-hybridized carbons (Fsp3) is 0.200. The second-order valence-corrected chi connectivity index (χ2v) is 10.1. The highest BCUT2D eigenvalue weighted by Gasteiger charge is 2.29. The van der Waals surface area contributed by atoms with E-state index in [2.05, 4.69) is 10.5 Å². The first-order valence-corrected chi connectivity index (χ1v) is 13.0. The number of halogens is 2. The second-order valence-electron chi connectivity index (χ2n) is 7.41. The Bertz CT molecular complexity index is 1370. The monoisotopic (exact) mass is 549 g/mol. The minimum absolute atomic E-state index is 0.00285. The molecular formula is C25H25Cl2N3O5S. The van der Waals surface area contributed by atoms with E-state index in [9.17, 15) is 13.2 Å². The van der Waals surface area contributed by atoms with E-state index in [0.717, 1.165) is 4.31 Å². The summed E-state index contributed by atoms with van der Waals surface area (Å²) in [7, 11) is -1.09. The normalized spacial score (nSPS) is 11.6. The Morgan fingerprint density at radius 2 is 1.67 bits per heavy atom. The molecule has 36 heavy (non-hydrogen) atoms. The quantitative estimate of drug-likeness (QED) is 0.279. The number of nitrogens with one attached hydrogen (secondary N) is 1. The van der Waals surface area contributed by atoms with Crippen molar-refractivity contribution in [1.29, 1.82) is 0 Å². The molecule has 0 fully saturated rings. The van der Waals surface area contributed by atoms with E-state index in [1.165, 1.54) is 38.5 Å². The molecule has 8 nitrogen and oxygen atoms in total. The van der Waals surface area contributed by atoms with Gasteiger partial charge in [-0.15, -0.1) is 0 Å². The first kappa shape index (κ1) is 27.3. The SMILES string of the molecule is CC/C(=N/NC(=O)CN(c1cccc(Cl)c1Cl)S(=O)(=O)c1ccccc1)c1ccc(OC)c(OC)c1. The molecule has 0 saturated heterocycles. The van der Waals surface area contributed by atoms with Gasteiger partial charge < -0.3 is 9.47 Å². The number of carbonyl (C=O) groups is 1. The third-order valence-electron chi connectivity index (χ3n) is 5.19. The van der Waals surface area contributed by atoms with Crippen LogP contribution in [0, 0.1) is 0 Å². The lowest BCUT2D eigenvalue weighted by atomic mass is 10.1. The maximum atomic E-state index is 13.5. The predicted molar refractivity (Wildman–Crippen MR) is 142 cm³/mol. The van der Waals surface area contributed by atoms with E-state index in [1.807, 2.05) is 6.92 Å². The van der Waals surface area contributed by atoms with E-state index >= 15 is 0 Å². The Hall–Kier alpha value is -3.27. The number of hydrogen-bond donors (Lipinski definition) is 1. The summed E-state index contributed by atoms with van der Waals surface area (Å²) in [6.07, 6.45) is 0.488. The molecule has 0 aliphatic carbocycles. The van der Waals surface area contributed by atoms with Crippen molar-refractivity contribution in [3.05, 3.63) is 82.3 Å². The molecule has 3 aromatic rings. The number of ether oxygens (including phenoxy) is 2. The topological polar surface area (TPSA) is 97.3 Å². The number of hydrazone groups is 1. The van der Waals surface area contributed by atoms with Crippen molar-refractivity contribution in [2.75, 3.05) is 25.1 Å². The lowest BCUT2D eigenvalue weighted by molar-refractivity contribution is -0.119. The smallest absolute Gasteiger partial charge is 0.264 e. The fourth-order valence-corrected chi connectivity index (χ4v) is 5.26. The van der Waals surface area contributed by atoms with Crippen LogP contribution < -0.4 is 19.2 Å². The summed E-state index contributed by atoms with van der Waals surface area (Å²) in [5, 5.41) is 4.39. The maximum Gasteiger partial charge on any atom is 0.264 e. The number of rotatable bonds is 10. The fourth-order valence-electron chi connectivity index (χ4n) is 3.36. The Kier molecular flexibility index (Phi) is 9.19. The van der Waals surface area contributed by atoms with E-state index in [1.54, 1.807) is 42.5 Å². The molecule has 11 heteroatoms. The van der Waals surface area contributed by atoms with Gasteiger partial charge in [0.2, 0.25) is 0 Å². The van der Waals surface area contributed by atoms with Crippen LogP contribution in [0.3, 0.4) is 0 Å². The molecule has 0 radical (unpaired) electrons. The third-order valence-corrected chi connectivity index (χ3v) is 7.77. The zero-order valence-corrected chi connectivity index (χ0v) is 22.2. The molecular weight excluding hydrogens is 525 g/mol. The average Bonchev–Trinajstić information content (AvgIpc) is 2.89.